The van der Waals surface area contributed by atoms with Crippen molar-refractivity contribution < 1.29 is 0 Å². The summed E-state index contributed by atoms with van der Waals surface area (Å²) < 4.78 is 0. The molecule has 0 bridgehead atoms. The minimum atomic E-state index is 0.234. The number of benzene rings is 1. The molecule has 1 aromatic rings. The Bertz CT molecular complexity index is 336. The minimum Gasteiger partial charge on any atom is -0.312 e. The summed E-state index contributed by atoms with van der Waals surface area (Å²) in [7, 11) is 0. The third-order valence-electron chi connectivity index (χ3n) is 2.99. The van der Waals surface area contributed by atoms with Gasteiger partial charge in [0.1, 0.15) is 0 Å². The summed E-state index contributed by atoms with van der Waals surface area (Å²) in [5, 5.41) is 3.57. The molecule has 0 saturated carbocycles. The van der Waals surface area contributed by atoms with E-state index in [1.807, 2.05) is 0 Å². The molecule has 0 saturated heterocycles. The van der Waals surface area contributed by atoms with Crippen LogP contribution in [-0.4, -0.2) is 12.1 Å². The van der Waals surface area contributed by atoms with Crippen molar-refractivity contribution in [2.75, 3.05) is 6.54 Å². The molecule has 0 aliphatic rings. The van der Waals surface area contributed by atoms with E-state index in [4.69, 9.17) is 0 Å². The van der Waals surface area contributed by atoms with Crippen LogP contribution in [-0.2, 0) is 6.42 Å². The monoisotopic (exact) mass is 233 g/mol. The topological polar surface area (TPSA) is 12.0 Å². The average Bonchev–Trinajstić information content (AvgIpc) is 2.23. The predicted octanol–water partition coefficient (Wildman–Crippen LogP) is 3.95. The Morgan fingerprint density at radius 3 is 2.53 bits per heavy atom. The van der Waals surface area contributed by atoms with Gasteiger partial charge in [-0.3, -0.25) is 0 Å². The van der Waals surface area contributed by atoms with Gasteiger partial charge in [0.15, 0.2) is 0 Å². The standard InChI is InChI=1S/C16H27N/c1-13-7-6-8-15(11-13)10-9-14(2)12-17-16(3,4)5/h6-8,11,14,17H,9-10,12H2,1-5H3. The van der Waals surface area contributed by atoms with Crippen molar-refractivity contribution in [3.05, 3.63) is 35.4 Å². The SMILES string of the molecule is Cc1cccc(CCC(C)CNC(C)(C)C)c1. The van der Waals surface area contributed by atoms with Gasteiger partial charge in [-0.2, -0.15) is 0 Å². The lowest BCUT2D eigenvalue weighted by atomic mass is 9.99. The molecule has 1 rings (SSSR count). The molecule has 1 heteroatoms. The van der Waals surface area contributed by atoms with Crippen molar-refractivity contribution in [2.45, 2.75) is 53.0 Å². The van der Waals surface area contributed by atoms with E-state index in [0.717, 1.165) is 12.5 Å². The van der Waals surface area contributed by atoms with Gasteiger partial charge in [0.25, 0.3) is 0 Å². The van der Waals surface area contributed by atoms with E-state index in [1.165, 1.54) is 24.0 Å². The van der Waals surface area contributed by atoms with E-state index in [0.29, 0.717) is 0 Å². The lowest BCUT2D eigenvalue weighted by Crippen LogP contribution is -2.38. The van der Waals surface area contributed by atoms with Crippen LogP contribution < -0.4 is 5.32 Å². The third-order valence-corrected chi connectivity index (χ3v) is 2.99. The summed E-state index contributed by atoms with van der Waals surface area (Å²) >= 11 is 0. The fourth-order valence-electron chi connectivity index (χ4n) is 1.86. The Hall–Kier alpha value is -0.820. The van der Waals surface area contributed by atoms with Gasteiger partial charge in [0.2, 0.25) is 0 Å². The number of rotatable bonds is 5. The maximum atomic E-state index is 3.57. The molecule has 1 unspecified atom stereocenters. The van der Waals surface area contributed by atoms with Gasteiger partial charge in [0.05, 0.1) is 0 Å². The summed E-state index contributed by atoms with van der Waals surface area (Å²) in [4.78, 5) is 0. The van der Waals surface area contributed by atoms with Crippen molar-refractivity contribution in [3.63, 3.8) is 0 Å². The van der Waals surface area contributed by atoms with E-state index >= 15 is 0 Å². The van der Waals surface area contributed by atoms with Crippen LogP contribution in [0.15, 0.2) is 24.3 Å². The zero-order valence-electron chi connectivity index (χ0n) is 12.0. The van der Waals surface area contributed by atoms with Gasteiger partial charge >= 0.3 is 0 Å². The van der Waals surface area contributed by atoms with Gasteiger partial charge in [-0.05, 0) is 58.6 Å². The summed E-state index contributed by atoms with van der Waals surface area (Å²) in [6, 6.07) is 8.84. The molecule has 1 N–H and O–H groups in total. The Kier molecular flexibility index (Phi) is 5.20. The fourth-order valence-corrected chi connectivity index (χ4v) is 1.86. The maximum absolute atomic E-state index is 3.57. The van der Waals surface area contributed by atoms with Crippen LogP contribution >= 0.6 is 0 Å². The Labute approximate surface area is 107 Å². The van der Waals surface area contributed by atoms with Crippen LogP contribution in [0.3, 0.4) is 0 Å². The van der Waals surface area contributed by atoms with E-state index in [-0.39, 0.29) is 5.54 Å². The zero-order valence-corrected chi connectivity index (χ0v) is 12.0. The molecular weight excluding hydrogens is 206 g/mol. The van der Waals surface area contributed by atoms with E-state index in [9.17, 15) is 0 Å². The first kappa shape index (κ1) is 14.2. The average molecular weight is 233 g/mol. The van der Waals surface area contributed by atoms with Crippen LogP contribution in [0.1, 0.15) is 45.2 Å². The Balaban J connectivity index is 2.31. The molecular formula is C16H27N. The Morgan fingerprint density at radius 1 is 1.24 bits per heavy atom. The molecule has 0 aliphatic heterocycles. The van der Waals surface area contributed by atoms with E-state index in [2.05, 4.69) is 64.2 Å². The number of aryl methyl sites for hydroxylation is 2. The number of hydrogen-bond acceptors (Lipinski definition) is 1. The highest BCUT2D eigenvalue weighted by molar-refractivity contribution is 5.22. The van der Waals surface area contributed by atoms with Crippen molar-refractivity contribution in [3.8, 4) is 0 Å². The summed E-state index contributed by atoms with van der Waals surface area (Å²) in [5.41, 5.74) is 3.06. The van der Waals surface area contributed by atoms with Gasteiger partial charge < -0.3 is 5.32 Å². The second-order valence-electron chi connectivity index (χ2n) is 6.26. The summed E-state index contributed by atoms with van der Waals surface area (Å²) in [6.45, 7) is 12.3. The van der Waals surface area contributed by atoms with Gasteiger partial charge in [-0.15, -0.1) is 0 Å². The zero-order chi connectivity index (χ0) is 12.9. The van der Waals surface area contributed by atoms with Crippen LogP contribution in [0.5, 0.6) is 0 Å². The quantitative estimate of drug-likeness (QED) is 0.812. The van der Waals surface area contributed by atoms with E-state index < -0.39 is 0 Å². The van der Waals surface area contributed by atoms with Crippen LogP contribution in [0.25, 0.3) is 0 Å². The highest BCUT2D eigenvalue weighted by atomic mass is 14.9. The second-order valence-corrected chi connectivity index (χ2v) is 6.26. The molecule has 1 atom stereocenters. The fraction of sp³-hybridized carbons (Fsp3) is 0.625. The molecule has 1 nitrogen and oxygen atoms in total. The predicted molar refractivity (Wildman–Crippen MR) is 76.4 cm³/mol. The van der Waals surface area contributed by atoms with Crippen LogP contribution in [0.4, 0.5) is 0 Å². The minimum absolute atomic E-state index is 0.234. The highest BCUT2D eigenvalue weighted by Crippen LogP contribution is 2.11. The largest absolute Gasteiger partial charge is 0.312 e. The Morgan fingerprint density at radius 2 is 1.94 bits per heavy atom. The maximum Gasteiger partial charge on any atom is 0.00966 e. The van der Waals surface area contributed by atoms with Crippen LogP contribution in [0, 0.1) is 12.8 Å². The molecule has 0 fully saturated rings. The molecule has 17 heavy (non-hydrogen) atoms. The molecule has 0 aromatic heterocycles. The van der Waals surface area contributed by atoms with Crippen LogP contribution in [0.2, 0.25) is 0 Å². The van der Waals surface area contributed by atoms with Gasteiger partial charge in [-0.1, -0.05) is 36.8 Å². The number of nitrogens with one attached hydrogen (secondary N) is 1. The van der Waals surface area contributed by atoms with Crippen molar-refractivity contribution in [2.24, 2.45) is 5.92 Å². The molecule has 0 amide bonds. The second kappa shape index (κ2) is 6.20. The molecule has 0 spiro atoms. The lowest BCUT2D eigenvalue weighted by molar-refractivity contribution is 0.372. The summed E-state index contributed by atoms with van der Waals surface area (Å²) in [5.74, 6) is 0.731. The van der Waals surface area contributed by atoms with Crippen molar-refractivity contribution >= 4 is 0 Å². The van der Waals surface area contributed by atoms with Crippen molar-refractivity contribution in [1.29, 1.82) is 0 Å². The normalized spacial score (nSPS) is 13.7. The van der Waals surface area contributed by atoms with Gasteiger partial charge in [0, 0.05) is 5.54 Å². The summed E-state index contributed by atoms with van der Waals surface area (Å²) in [6.07, 6.45) is 2.45. The molecule has 0 aliphatic carbocycles. The third kappa shape index (κ3) is 6.48. The first-order valence-electron chi connectivity index (χ1n) is 6.67. The number of hydrogen-bond donors (Lipinski definition) is 1. The first-order valence-corrected chi connectivity index (χ1v) is 6.67. The smallest absolute Gasteiger partial charge is 0.00966 e. The lowest BCUT2D eigenvalue weighted by Gasteiger charge is -2.23. The highest BCUT2D eigenvalue weighted by Gasteiger charge is 2.10. The van der Waals surface area contributed by atoms with Crippen molar-refractivity contribution in [1.82, 2.24) is 5.32 Å². The molecule has 96 valence electrons. The molecule has 0 heterocycles. The van der Waals surface area contributed by atoms with Gasteiger partial charge in [-0.25, -0.2) is 0 Å². The molecule has 0 radical (unpaired) electrons. The molecule has 1 aromatic carbocycles. The first-order chi connectivity index (χ1) is 7.87. The van der Waals surface area contributed by atoms with E-state index in [1.54, 1.807) is 0 Å².